The van der Waals surface area contributed by atoms with Crippen LogP contribution in [0.5, 0.6) is 5.75 Å². The standard InChI is InChI=1S/C16H25BrN2O.ClH/c1-18-8-5-13-6-9-19(10-7-13)12-14-3-4-16(20-2)15(17)11-14;/h3-4,11,13,18H,5-10,12H2,1-2H3;1H. The number of benzene rings is 1. The summed E-state index contributed by atoms with van der Waals surface area (Å²) < 4.78 is 6.32. The van der Waals surface area contributed by atoms with Gasteiger partial charge in [0.1, 0.15) is 5.75 Å². The average molecular weight is 378 g/mol. The highest BCUT2D eigenvalue weighted by Crippen LogP contribution is 2.27. The Labute approximate surface area is 143 Å². The van der Waals surface area contributed by atoms with Gasteiger partial charge in [-0.05, 0) is 85.5 Å². The highest BCUT2D eigenvalue weighted by Gasteiger charge is 2.18. The van der Waals surface area contributed by atoms with Crippen molar-refractivity contribution in [1.82, 2.24) is 10.2 Å². The maximum Gasteiger partial charge on any atom is 0.133 e. The third-order valence-electron chi connectivity index (χ3n) is 4.13. The molecule has 21 heavy (non-hydrogen) atoms. The van der Waals surface area contributed by atoms with Crippen molar-refractivity contribution in [3.8, 4) is 5.75 Å². The zero-order valence-electron chi connectivity index (χ0n) is 12.9. The molecule has 120 valence electrons. The van der Waals surface area contributed by atoms with Crippen LogP contribution in [0.1, 0.15) is 24.8 Å². The van der Waals surface area contributed by atoms with E-state index in [1.54, 1.807) is 7.11 Å². The van der Waals surface area contributed by atoms with Crippen LogP contribution < -0.4 is 10.1 Å². The highest BCUT2D eigenvalue weighted by atomic mass is 79.9. The number of nitrogens with one attached hydrogen (secondary N) is 1. The molecule has 0 unspecified atom stereocenters. The summed E-state index contributed by atoms with van der Waals surface area (Å²) in [6, 6.07) is 6.38. The molecule has 0 spiro atoms. The molecule has 1 aromatic rings. The van der Waals surface area contributed by atoms with E-state index in [1.165, 1.54) is 37.9 Å². The van der Waals surface area contributed by atoms with E-state index in [2.05, 4.69) is 38.3 Å². The minimum absolute atomic E-state index is 0. The van der Waals surface area contributed by atoms with E-state index < -0.39 is 0 Å². The van der Waals surface area contributed by atoms with E-state index in [1.807, 2.05) is 13.1 Å². The van der Waals surface area contributed by atoms with Crippen LogP contribution >= 0.6 is 28.3 Å². The Morgan fingerprint density at radius 1 is 1.33 bits per heavy atom. The Morgan fingerprint density at radius 2 is 2.05 bits per heavy atom. The maximum atomic E-state index is 5.28. The first-order valence-corrected chi connectivity index (χ1v) is 8.21. The van der Waals surface area contributed by atoms with Gasteiger partial charge in [0.15, 0.2) is 0 Å². The van der Waals surface area contributed by atoms with Crippen LogP contribution in [0.4, 0.5) is 0 Å². The molecule has 0 aliphatic carbocycles. The lowest BCUT2D eigenvalue weighted by Crippen LogP contribution is -2.34. The van der Waals surface area contributed by atoms with Crippen molar-refractivity contribution in [2.45, 2.75) is 25.8 Å². The van der Waals surface area contributed by atoms with E-state index in [0.29, 0.717) is 0 Å². The summed E-state index contributed by atoms with van der Waals surface area (Å²) in [5, 5.41) is 3.25. The average Bonchev–Trinajstić information content (AvgIpc) is 2.47. The van der Waals surface area contributed by atoms with Crippen LogP contribution in [-0.2, 0) is 6.54 Å². The van der Waals surface area contributed by atoms with Crippen LogP contribution in [0.2, 0.25) is 0 Å². The molecular weight excluding hydrogens is 352 g/mol. The van der Waals surface area contributed by atoms with Gasteiger partial charge in [0.05, 0.1) is 11.6 Å². The van der Waals surface area contributed by atoms with Crippen molar-refractivity contribution < 1.29 is 4.74 Å². The molecular formula is C16H26BrClN2O. The largest absolute Gasteiger partial charge is 0.496 e. The molecule has 1 heterocycles. The van der Waals surface area contributed by atoms with Gasteiger partial charge >= 0.3 is 0 Å². The van der Waals surface area contributed by atoms with E-state index in [9.17, 15) is 0 Å². The number of hydrogen-bond acceptors (Lipinski definition) is 3. The van der Waals surface area contributed by atoms with E-state index in [-0.39, 0.29) is 12.4 Å². The smallest absolute Gasteiger partial charge is 0.133 e. The second-order valence-electron chi connectivity index (χ2n) is 5.58. The van der Waals surface area contributed by atoms with Crippen molar-refractivity contribution in [3.05, 3.63) is 28.2 Å². The molecule has 1 aliphatic rings. The fraction of sp³-hybridized carbons (Fsp3) is 0.625. The first kappa shape index (κ1) is 18.8. The molecule has 0 saturated carbocycles. The molecule has 0 aromatic heterocycles. The predicted octanol–water partition coefficient (Wildman–Crippen LogP) is 3.70. The van der Waals surface area contributed by atoms with Gasteiger partial charge in [-0.25, -0.2) is 0 Å². The summed E-state index contributed by atoms with van der Waals surface area (Å²) in [5.41, 5.74) is 1.35. The summed E-state index contributed by atoms with van der Waals surface area (Å²) >= 11 is 3.56. The van der Waals surface area contributed by atoms with Gasteiger partial charge in [0.25, 0.3) is 0 Å². The summed E-state index contributed by atoms with van der Waals surface area (Å²) in [6.07, 6.45) is 3.98. The molecule has 3 nitrogen and oxygen atoms in total. The van der Waals surface area contributed by atoms with Crippen molar-refractivity contribution >= 4 is 28.3 Å². The summed E-state index contributed by atoms with van der Waals surface area (Å²) in [4.78, 5) is 2.56. The van der Waals surface area contributed by atoms with Crippen LogP contribution in [0.3, 0.4) is 0 Å². The van der Waals surface area contributed by atoms with Crippen LogP contribution in [-0.4, -0.2) is 38.7 Å². The number of nitrogens with zero attached hydrogens (tertiary/aromatic N) is 1. The van der Waals surface area contributed by atoms with Crippen LogP contribution in [0.15, 0.2) is 22.7 Å². The Kier molecular flexibility index (Phi) is 8.64. The number of piperidine rings is 1. The second-order valence-corrected chi connectivity index (χ2v) is 6.43. The van der Waals surface area contributed by atoms with Gasteiger partial charge in [-0.2, -0.15) is 0 Å². The molecule has 1 fully saturated rings. The lowest BCUT2D eigenvalue weighted by atomic mass is 9.93. The Morgan fingerprint density at radius 3 is 2.62 bits per heavy atom. The number of hydrogen-bond donors (Lipinski definition) is 1. The second kappa shape index (κ2) is 9.67. The minimum atomic E-state index is 0. The van der Waals surface area contributed by atoms with Gasteiger partial charge in [-0.15, -0.1) is 12.4 Å². The molecule has 5 heteroatoms. The number of likely N-dealkylation sites (tertiary alicyclic amines) is 1. The highest BCUT2D eigenvalue weighted by molar-refractivity contribution is 9.10. The summed E-state index contributed by atoms with van der Waals surface area (Å²) in [7, 11) is 3.74. The Balaban J connectivity index is 0.00000220. The van der Waals surface area contributed by atoms with Gasteiger partial charge in [0, 0.05) is 6.54 Å². The molecule has 1 aromatic carbocycles. The number of halogens is 2. The molecule has 1 aliphatic heterocycles. The number of methoxy groups -OCH3 is 1. The summed E-state index contributed by atoms with van der Waals surface area (Å²) in [5.74, 6) is 1.81. The van der Waals surface area contributed by atoms with Gasteiger partial charge in [-0.1, -0.05) is 6.07 Å². The van der Waals surface area contributed by atoms with Crippen molar-refractivity contribution in [2.75, 3.05) is 33.8 Å². The third kappa shape index (κ3) is 5.78. The van der Waals surface area contributed by atoms with Gasteiger partial charge in [0.2, 0.25) is 0 Å². The number of ether oxygens (including phenoxy) is 1. The SMILES string of the molecule is CNCCC1CCN(Cc2ccc(OC)c(Br)c2)CC1.Cl. The monoisotopic (exact) mass is 376 g/mol. The molecule has 0 amide bonds. The maximum absolute atomic E-state index is 5.28. The lowest BCUT2D eigenvalue weighted by molar-refractivity contribution is 0.172. The van der Waals surface area contributed by atoms with Crippen LogP contribution in [0, 0.1) is 5.92 Å². The first-order chi connectivity index (χ1) is 9.72. The van der Waals surface area contributed by atoms with Crippen molar-refractivity contribution in [1.29, 1.82) is 0 Å². The molecule has 0 bridgehead atoms. The van der Waals surface area contributed by atoms with E-state index in [4.69, 9.17) is 4.74 Å². The lowest BCUT2D eigenvalue weighted by Gasteiger charge is -2.32. The normalized spacial score (nSPS) is 16.5. The fourth-order valence-electron chi connectivity index (χ4n) is 2.85. The minimum Gasteiger partial charge on any atom is -0.496 e. The molecule has 1 N–H and O–H groups in total. The number of rotatable bonds is 6. The molecule has 0 atom stereocenters. The predicted molar refractivity (Wildman–Crippen MR) is 94.5 cm³/mol. The summed E-state index contributed by atoms with van der Waals surface area (Å²) in [6.45, 7) is 4.63. The zero-order valence-corrected chi connectivity index (χ0v) is 15.3. The van der Waals surface area contributed by atoms with Crippen molar-refractivity contribution in [3.63, 3.8) is 0 Å². The fourth-order valence-corrected chi connectivity index (χ4v) is 3.44. The molecule has 1 saturated heterocycles. The van der Waals surface area contributed by atoms with E-state index in [0.717, 1.165) is 29.2 Å². The quantitative estimate of drug-likeness (QED) is 0.818. The van der Waals surface area contributed by atoms with Gasteiger partial charge < -0.3 is 10.1 Å². The van der Waals surface area contributed by atoms with E-state index >= 15 is 0 Å². The van der Waals surface area contributed by atoms with Gasteiger partial charge in [-0.3, -0.25) is 4.90 Å². The molecule has 0 radical (unpaired) electrons. The molecule has 2 rings (SSSR count). The van der Waals surface area contributed by atoms with Crippen LogP contribution in [0.25, 0.3) is 0 Å². The zero-order chi connectivity index (χ0) is 14.4. The van der Waals surface area contributed by atoms with Crippen molar-refractivity contribution in [2.24, 2.45) is 5.92 Å². The first-order valence-electron chi connectivity index (χ1n) is 7.42. The third-order valence-corrected chi connectivity index (χ3v) is 4.75. The topological polar surface area (TPSA) is 24.5 Å². The Hall–Kier alpha value is -0.290. The Bertz CT molecular complexity index is 423.